The first-order valence-electron chi connectivity index (χ1n) is 6.54. The average molecular weight is 233 g/mol. The molecule has 1 aromatic rings. The zero-order valence-corrected chi connectivity index (χ0v) is 11.0. The Bertz CT molecular complexity index is 371. The number of carbonyl (C=O) groups is 1. The highest BCUT2D eigenvalue weighted by atomic mass is 16.1. The van der Waals surface area contributed by atoms with Crippen molar-refractivity contribution in [2.45, 2.75) is 52.4 Å². The quantitative estimate of drug-likeness (QED) is 0.437. The van der Waals surface area contributed by atoms with Crippen molar-refractivity contribution >= 4 is 11.5 Å². The molecule has 0 atom stereocenters. The van der Waals surface area contributed by atoms with Crippen LogP contribution >= 0.6 is 0 Å². The number of ketones is 1. The molecule has 2 nitrogen and oxygen atoms in total. The van der Waals surface area contributed by atoms with Crippen LogP contribution in [-0.4, -0.2) is 5.78 Å². The fraction of sp³-hybridized carbons (Fsp3) is 0.533. The maximum absolute atomic E-state index is 12.0. The summed E-state index contributed by atoms with van der Waals surface area (Å²) < 4.78 is 0. The summed E-state index contributed by atoms with van der Waals surface area (Å²) in [6.07, 6.45) is 6.54. The minimum absolute atomic E-state index is 0.228. The van der Waals surface area contributed by atoms with Gasteiger partial charge in [-0.1, -0.05) is 38.7 Å². The van der Waals surface area contributed by atoms with Crippen LogP contribution in [0, 0.1) is 6.92 Å². The number of benzene rings is 1. The van der Waals surface area contributed by atoms with Crippen molar-refractivity contribution in [3.8, 4) is 0 Å². The van der Waals surface area contributed by atoms with Crippen LogP contribution in [0.5, 0.6) is 0 Å². The summed E-state index contributed by atoms with van der Waals surface area (Å²) >= 11 is 0. The van der Waals surface area contributed by atoms with Crippen LogP contribution < -0.4 is 5.73 Å². The van der Waals surface area contributed by atoms with E-state index in [1.807, 2.05) is 19.1 Å². The Kier molecular flexibility index (Phi) is 5.75. The van der Waals surface area contributed by atoms with Crippen LogP contribution in [0.15, 0.2) is 18.2 Å². The highest BCUT2D eigenvalue weighted by Crippen LogP contribution is 2.16. The van der Waals surface area contributed by atoms with Gasteiger partial charge in [0, 0.05) is 17.7 Å². The molecule has 0 unspecified atom stereocenters. The number of carbonyl (C=O) groups excluding carboxylic acids is 1. The lowest BCUT2D eigenvalue weighted by Gasteiger charge is -2.06. The van der Waals surface area contributed by atoms with Crippen LogP contribution in [0.4, 0.5) is 5.69 Å². The van der Waals surface area contributed by atoms with Gasteiger partial charge in [-0.3, -0.25) is 4.79 Å². The topological polar surface area (TPSA) is 43.1 Å². The van der Waals surface area contributed by atoms with Gasteiger partial charge in [0.2, 0.25) is 0 Å². The Labute approximate surface area is 104 Å². The fourth-order valence-corrected chi connectivity index (χ4v) is 1.96. The first-order chi connectivity index (χ1) is 8.15. The number of aryl methyl sites for hydroxylation is 1. The second kappa shape index (κ2) is 7.10. The van der Waals surface area contributed by atoms with Crippen LogP contribution in [0.1, 0.15) is 61.4 Å². The Morgan fingerprint density at radius 1 is 1.18 bits per heavy atom. The molecule has 0 heterocycles. The molecule has 0 aliphatic heterocycles. The molecule has 94 valence electrons. The van der Waals surface area contributed by atoms with E-state index in [4.69, 9.17) is 5.73 Å². The molecule has 0 aliphatic rings. The molecule has 2 N–H and O–H groups in total. The van der Waals surface area contributed by atoms with E-state index in [-0.39, 0.29) is 5.78 Å². The van der Waals surface area contributed by atoms with Crippen molar-refractivity contribution in [2.24, 2.45) is 0 Å². The fourth-order valence-electron chi connectivity index (χ4n) is 1.96. The summed E-state index contributed by atoms with van der Waals surface area (Å²) in [6, 6.07) is 5.55. The van der Waals surface area contributed by atoms with Crippen LogP contribution in [0.3, 0.4) is 0 Å². The lowest BCUT2D eigenvalue weighted by molar-refractivity contribution is 0.0978. The normalized spacial score (nSPS) is 10.5. The van der Waals surface area contributed by atoms with Gasteiger partial charge in [-0.05, 0) is 31.0 Å². The average Bonchev–Trinajstić information content (AvgIpc) is 2.32. The Hall–Kier alpha value is -1.31. The number of nitrogen functional groups attached to an aromatic ring is 1. The highest BCUT2D eigenvalue weighted by molar-refractivity contribution is 5.98. The predicted molar refractivity (Wildman–Crippen MR) is 73.3 cm³/mol. The van der Waals surface area contributed by atoms with E-state index in [0.29, 0.717) is 12.1 Å². The van der Waals surface area contributed by atoms with Crippen molar-refractivity contribution in [1.29, 1.82) is 0 Å². The summed E-state index contributed by atoms with van der Waals surface area (Å²) in [5.74, 6) is 0.228. The number of rotatable bonds is 7. The minimum atomic E-state index is 0.228. The van der Waals surface area contributed by atoms with Gasteiger partial charge in [-0.2, -0.15) is 0 Å². The molecule has 0 amide bonds. The van der Waals surface area contributed by atoms with Crippen molar-refractivity contribution in [2.75, 3.05) is 5.73 Å². The lowest BCUT2D eigenvalue weighted by Crippen LogP contribution is -2.03. The first kappa shape index (κ1) is 13.8. The van der Waals surface area contributed by atoms with Gasteiger partial charge in [-0.25, -0.2) is 0 Å². The van der Waals surface area contributed by atoms with E-state index in [9.17, 15) is 4.79 Å². The second-order valence-corrected chi connectivity index (χ2v) is 4.66. The molecule has 0 bridgehead atoms. The maximum Gasteiger partial charge on any atom is 0.163 e. The Balaban J connectivity index is 2.44. The van der Waals surface area contributed by atoms with Gasteiger partial charge >= 0.3 is 0 Å². The van der Waals surface area contributed by atoms with Gasteiger partial charge in [0.1, 0.15) is 0 Å². The van der Waals surface area contributed by atoms with E-state index in [0.717, 1.165) is 24.0 Å². The summed E-state index contributed by atoms with van der Waals surface area (Å²) in [5, 5.41) is 0. The van der Waals surface area contributed by atoms with Crippen molar-refractivity contribution in [3.63, 3.8) is 0 Å². The summed E-state index contributed by atoms with van der Waals surface area (Å²) in [7, 11) is 0. The van der Waals surface area contributed by atoms with Gasteiger partial charge in [0.15, 0.2) is 5.78 Å². The van der Waals surface area contributed by atoms with Gasteiger partial charge in [0.25, 0.3) is 0 Å². The highest BCUT2D eigenvalue weighted by Gasteiger charge is 2.08. The molecule has 17 heavy (non-hydrogen) atoms. The van der Waals surface area contributed by atoms with E-state index in [1.54, 1.807) is 6.07 Å². The zero-order chi connectivity index (χ0) is 12.7. The van der Waals surface area contributed by atoms with Crippen LogP contribution in [-0.2, 0) is 0 Å². The SMILES string of the molecule is CCCCCCCC(=O)c1cc(N)ccc1C. The monoisotopic (exact) mass is 233 g/mol. The zero-order valence-electron chi connectivity index (χ0n) is 11.0. The molecular weight excluding hydrogens is 210 g/mol. The second-order valence-electron chi connectivity index (χ2n) is 4.66. The predicted octanol–water partition coefficient (Wildman–Crippen LogP) is 4.12. The third-order valence-electron chi connectivity index (χ3n) is 3.07. The molecule has 1 rings (SSSR count). The van der Waals surface area contributed by atoms with Gasteiger partial charge < -0.3 is 5.73 Å². The molecule has 0 saturated carbocycles. The number of hydrogen-bond acceptors (Lipinski definition) is 2. The molecule has 0 saturated heterocycles. The van der Waals surface area contributed by atoms with Crippen LogP contribution in [0.2, 0.25) is 0 Å². The molecule has 0 radical (unpaired) electrons. The lowest BCUT2D eigenvalue weighted by atomic mass is 9.99. The standard InChI is InChI=1S/C15H23NO/c1-3-4-5-6-7-8-15(17)14-11-13(16)10-9-12(14)2/h9-11H,3-8,16H2,1-2H3. The molecular formula is C15H23NO. The summed E-state index contributed by atoms with van der Waals surface area (Å²) in [6.45, 7) is 4.16. The maximum atomic E-state index is 12.0. The van der Waals surface area contributed by atoms with Crippen molar-refractivity contribution in [3.05, 3.63) is 29.3 Å². The Morgan fingerprint density at radius 2 is 1.88 bits per heavy atom. The van der Waals surface area contributed by atoms with E-state index < -0.39 is 0 Å². The number of Topliss-reactive ketones (excluding diaryl/α,β-unsaturated/α-hetero) is 1. The Morgan fingerprint density at radius 3 is 2.59 bits per heavy atom. The summed E-state index contributed by atoms with van der Waals surface area (Å²) in [4.78, 5) is 12.0. The van der Waals surface area contributed by atoms with Crippen LogP contribution in [0.25, 0.3) is 0 Å². The van der Waals surface area contributed by atoms with Gasteiger partial charge in [0.05, 0.1) is 0 Å². The number of anilines is 1. The number of hydrogen-bond donors (Lipinski definition) is 1. The third-order valence-corrected chi connectivity index (χ3v) is 3.07. The molecule has 0 fully saturated rings. The molecule has 0 spiro atoms. The minimum Gasteiger partial charge on any atom is -0.399 e. The van der Waals surface area contributed by atoms with Crippen molar-refractivity contribution in [1.82, 2.24) is 0 Å². The molecule has 0 aromatic heterocycles. The number of unbranched alkanes of at least 4 members (excludes halogenated alkanes) is 4. The van der Waals surface area contributed by atoms with E-state index in [2.05, 4.69) is 6.92 Å². The van der Waals surface area contributed by atoms with E-state index >= 15 is 0 Å². The number of nitrogens with two attached hydrogens (primary N) is 1. The largest absolute Gasteiger partial charge is 0.399 e. The van der Waals surface area contributed by atoms with E-state index in [1.165, 1.54) is 19.3 Å². The van der Waals surface area contributed by atoms with Gasteiger partial charge in [-0.15, -0.1) is 0 Å². The third kappa shape index (κ3) is 4.59. The molecule has 0 aliphatic carbocycles. The smallest absolute Gasteiger partial charge is 0.163 e. The summed E-state index contributed by atoms with van der Waals surface area (Å²) in [5.41, 5.74) is 8.20. The first-order valence-corrected chi connectivity index (χ1v) is 6.54. The molecule has 2 heteroatoms. The molecule has 1 aromatic carbocycles. The van der Waals surface area contributed by atoms with Crippen molar-refractivity contribution < 1.29 is 4.79 Å².